The highest BCUT2D eigenvalue weighted by atomic mass is 19.1. The van der Waals surface area contributed by atoms with E-state index >= 15 is 0 Å². The number of carbonyl (C=O) groups is 1. The molecule has 0 heterocycles. The lowest BCUT2D eigenvalue weighted by Crippen LogP contribution is -2.42. The molecule has 0 spiro atoms. The van der Waals surface area contributed by atoms with Crippen molar-refractivity contribution in [1.82, 2.24) is 5.32 Å². The van der Waals surface area contributed by atoms with Crippen LogP contribution < -0.4 is 5.32 Å². The van der Waals surface area contributed by atoms with Gasteiger partial charge in [0.05, 0.1) is 5.60 Å². The van der Waals surface area contributed by atoms with Crippen LogP contribution in [0.3, 0.4) is 0 Å². The van der Waals surface area contributed by atoms with E-state index in [-0.39, 0.29) is 12.1 Å². The van der Waals surface area contributed by atoms with Crippen LogP contribution in [0.4, 0.5) is 8.78 Å². The van der Waals surface area contributed by atoms with Gasteiger partial charge in [-0.1, -0.05) is 13.8 Å². The van der Waals surface area contributed by atoms with Crippen LogP contribution in [0.2, 0.25) is 0 Å². The maximum Gasteiger partial charge on any atom is 0.251 e. The van der Waals surface area contributed by atoms with Gasteiger partial charge in [0.25, 0.3) is 5.91 Å². The molecular formula is C13H17F2NO2. The number of aliphatic hydroxyl groups is 1. The molecule has 1 rings (SSSR count). The van der Waals surface area contributed by atoms with Gasteiger partial charge in [0, 0.05) is 18.2 Å². The van der Waals surface area contributed by atoms with E-state index < -0.39 is 23.1 Å². The molecule has 0 saturated heterocycles. The monoisotopic (exact) mass is 257 g/mol. The standard InChI is InChI=1S/C13H17F2NO2/c1-3-13(18,4-2)8-16-12(17)9-5-10(14)7-11(15)6-9/h5-7,18H,3-4,8H2,1-2H3,(H,16,17). The van der Waals surface area contributed by atoms with Gasteiger partial charge in [0.15, 0.2) is 0 Å². The van der Waals surface area contributed by atoms with Gasteiger partial charge < -0.3 is 10.4 Å². The van der Waals surface area contributed by atoms with Crippen molar-refractivity contribution in [2.75, 3.05) is 6.54 Å². The third-order valence-electron chi connectivity index (χ3n) is 3.02. The van der Waals surface area contributed by atoms with E-state index in [1.54, 1.807) is 13.8 Å². The Balaban J connectivity index is 2.71. The highest BCUT2D eigenvalue weighted by Crippen LogP contribution is 2.13. The zero-order valence-corrected chi connectivity index (χ0v) is 10.5. The molecule has 0 aromatic heterocycles. The van der Waals surface area contributed by atoms with Crippen LogP contribution in [0.25, 0.3) is 0 Å². The maximum absolute atomic E-state index is 12.9. The second-order valence-electron chi connectivity index (χ2n) is 4.27. The average Bonchev–Trinajstić information content (AvgIpc) is 2.34. The number of carbonyl (C=O) groups excluding carboxylic acids is 1. The van der Waals surface area contributed by atoms with E-state index in [0.29, 0.717) is 18.9 Å². The van der Waals surface area contributed by atoms with Crippen LogP contribution >= 0.6 is 0 Å². The third-order valence-corrected chi connectivity index (χ3v) is 3.02. The first-order valence-electron chi connectivity index (χ1n) is 5.87. The van der Waals surface area contributed by atoms with Crippen LogP contribution in [-0.4, -0.2) is 23.2 Å². The molecule has 0 aliphatic rings. The fourth-order valence-corrected chi connectivity index (χ4v) is 1.53. The van der Waals surface area contributed by atoms with Crippen molar-refractivity contribution in [3.05, 3.63) is 35.4 Å². The molecule has 3 nitrogen and oxygen atoms in total. The summed E-state index contributed by atoms with van der Waals surface area (Å²) in [6.45, 7) is 3.66. The van der Waals surface area contributed by atoms with E-state index in [9.17, 15) is 18.7 Å². The normalized spacial score (nSPS) is 11.4. The van der Waals surface area contributed by atoms with Crippen molar-refractivity contribution in [2.45, 2.75) is 32.3 Å². The van der Waals surface area contributed by atoms with Crippen molar-refractivity contribution < 1.29 is 18.7 Å². The Labute approximate surface area is 105 Å². The van der Waals surface area contributed by atoms with Gasteiger partial charge in [-0.15, -0.1) is 0 Å². The molecule has 0 aliphatic carbocycles. The Kier molecular flexibility index (Phi) is 4.78. The SMILES string of the molecule is CCC(O)(CC)CNC(=O)c1cc(F)cc(F)c1. The van der Waals surface area contributed by atoms with Gasteiger partial charge >= 0.3 is 0 Å². The average molecular weight is 257 g/mol. The molecule has 100 valence electrons. The van der Waals surface area contributed by atoms with E-state index in [1.165, 1.54) is 0 Å². The molecule has 2 N–H and O–H groups in total. The maximum atomic E-state index is 12.9. The van der Waals surface area contributed by atoms with E-state index in [4.69, 9.17) is 0 Å². The lowest BCUT2D eigenvalue weighted by atomic mass is 9.97. The molecule has 0 radical (unpaired) electrons. The summed E-state index contributed by atoms with van der Waals surface area (Å²) in [5.41, 5.74) is -1.08. The van der Waals surface area contributed by atoms with Gasteiger partial charge in [-0.3, -0.25) is 4.79 Å². The van der Waals surface area contributed by atoms with Crippen LogP contribution in [0.1, 0.15) is 37.0 Å². The molecule has 18 heavy (non-hydrogen) atoms. The Morgan fingerprint density at radius 2 is 1.72 bits per heavy atom. The summed E-state index contributed by atoms with van der Waals surface area (Å²) in [6, 6.07) is 2.61. The fraction of sp³-hybridized carbons (Fsp3) is 0.462. The minimum Gasteiger partial charge on any atom is -0.388 e. The number of hydrogen-bond acceptors (Lipinski definition) is 2. The van der Waals surface area contributed by atoms with Crippen LogP contribution in [0.5, 0.6) is 0 Å². The predicted octanol–water partition coefficient (Wildman–Crippen LogP) is 2.25. The Morgan fingerprint density at radius 1 is 1.22 bits per heavy atom. The third kappa shape index (κ3) is 3.77. The number of halogens is 2. The second kappa shape index (κ2) is 5.91. The zero-order chi connectivity index (χ0) is 13.8. The first-order valence-corrected chi connectivity index (χ1v) is 5.87. The minimum atomic E-state index is -0.985. The van der Waals surface area contributed by atoms with Gasteiger partial charge in [0.2, 0.25) is 0 Å². The highest BCUT2D eigenvalue weighted by Gasteiger charge is 2.23. The van der Waals surface area contributed by atoms with Crippen molar-refractivity contribution in [3.8, 4) is 0 Å². The summed E-state index contributed by atoms with van der Waals surface area (Å²) >= 11 is 0. The Morgan fingerprint density at radius 3 is 2.17 bits per heavy atom. The van der Waals surface area contributed by atoms with E-state index in [0.717, 1.165) is 12.1 Å². The smallest absolute Gasteiger partial charge is 0.251 e. The summed E-state index contributed by atoms with van der Waals surface area (Å²) in [7, 11) is 0. The first-order chi connectivity index (χ1) is 8.40. The number of nitrogens with one attached hydrogen (secondary N) is 1. The molecule has 5 heteroatoms. The summed E-state index contributed by atoms with van der Waals surface area (Å²) in [4.78, 5) is 11.7. The Bertz CT molecular complexity index is 411. The second-order valence-corrected chi connectivity index (χ2v) is 4.27. The van der Waals surface area contributed by atoms with Gasteiger partial charge in [-0.2, -0.15) is 0 Å². The highest BCUT2D eigenvalue weighted by molar-refractivity contribution is 5.94. The molecule has 0 saturated carbocycles. The van der Waals surface area contributed by atoms with Crippen molar-refractivity contribution >= 4 is 5.91 Å². The topological polar surface area (TPSA) is 49.3 Å². The summed E-state index contributed by atoms with van der Waals surface area (Å²) in [5.74, 6) is -2.21. The molecule has 0 aliphatic heterocycles. The molecular weight excluding hydrogens is 240 g/mol. The lowest BCUT2D eigenvalue weighted by molar-refractivity contribution is 0.0314. The molecule has 0 atom stereocenters. The molecule has 0 bridgehead atoms. The van der Waals surface area contributed by atoms with Gasteiger partial charge in [-0.05, 0) is 25.0 Å². The van der Waals surface area contributed by atoms with E-state index in [2.05, 4.69) is 5.32 Å². The molecule has 1 amide bonds. The summed E-state index contributed by atoms with van der Waals surface area (Å²) in [5, 5.41) is 12.4. The number of benzene rings is 1. The molecule has 0 unspecified atom stereocenters. The summed E-state index contributed by atoms with van der Waals surface area (Å²) < 4.78 is 25.9. The van der Waals surface area contributed by atoms with Crippen molar-refractivity contribution in [2.24, 2.45) is 0 Å². The summed E-state index contributed by atoms with van der Waals surface area (Å²) in [6.07, 6.45) is 0.975. The predicted molar refractivity (Wildman–Crippen MR) is 64.2 cm³/mol. The van der Waals surface area contributed by atoms with Crippen molar-refractivity contribution in [3.63, 3.8) is 0 Å². The van der Waals surface area contributed by atoms with Crippen LogP contribution in [-0.2, 0) is 0 Å². The quantitative estimate of drug-likeness (QED) is 0.850. The fourth-order valence-electron chi connectivity index (χ4n) is 1.53. The molecule has 0 fully saturated rings. The Hall–Kier alpha value is -1.49. The van der Waals surface area contributed by atoms with Crippen LogP contribution in [0.15, 0.2) is 18.2 Å². The number of hydrogen-bond donors (Lipinski definition) is 2. The molecule has 1 aromatic rings. The van der Waals surface area contributed by atoms with Crippen molar-refractivity contribution in [1.29, 1.82) is 0 Å². The van der Waals surface area contributed by atoms with Crippen LogP contribution in [0, 0.1) is 11.6 Å². The van der Waals surface area contributed by atoms with E-state index in [1.807, 2.05) is 0 Å². The van der Waals surface area contributed by atoms with Gasteiger partial charge in [-0.25, -0.2) is 8.78 Å². The zero-order valence-electron chi connectivity index (χ0n) is 10.5. The largest absolute Gasteiger partial charge is 0.388 e. The number of rotatable bonds is 5. The van der Waals surface area contributed by atoms with Gasteiger partial charge in [0.1, 0.15) is 11.6 Å². The lowest BCUT2D eigenvalue weighted by Gasteiger charge is -2.25. The number of amides is 1. The molecule has 1 aromatic carbocycles. The minimum absolute atomic E-state index is 0.0525. The first kappa shape index (κ1) is 14.6.